The smallest absolute Gasteiger partial charge is 0.269 e. The van der Waals surface area contributed by atoms with E-state index in [0.29, 0.717) is 48.6 Å². The Morgan fingerprint density at radius 3 is 2.40 bits per heavy atom. The Morgan fingerprint density at radius 2 is 1.73 bits per heavy atom. The summed E-state index contributed by atoms with van der Waals surface area (Å²) in [6.07, 6.45) is 12.7. The van der Waals surface area contributed by atoms with Gasteiger partial charge in [0.2, 0.25) is 11.7 Å². The molecule has 0 unspecified atom stereocenters. The third-order valence-electron chi connectivity index (χ3n) is 12.2. The number of rotatable bonds is 20. The van der Waals surface area contributed by atoms with Crippen molar-refractivity contribution >= 4 is 23.4 Å². The fourth-order valence-corrected chi connectivity index (χ4v) is 9.37. The van der Waals surface area contributed by atoms with E-state index in [9.17, 15) is 25.1 Å². The van der Waals surface area contributed by atoms with E-state index in [-0.39, 0.29) is 55.6 Å². The second-order valence-electron chi connectivity index (χ2n) is 16.0. The first-order chi connectivity index (χ1) is 29.1. The van der Waals surface area contributed by atoms with Crippen LogP contribution in [0.5, 0.6) is 17.2 Å². The summed E-state index contributed by atoms with van der Waals surface area (Å²) in [5, 5.41) is 35.7. The van der Waals surface area contributed by atoms with Crippen LogP contribution in [0.3, 0.4) is 0 Å². The highest BCUT2D eigenvalue weighted by Gasteiger charge is 2.65. The molecule has 1 saturated carbocycles. The molecule has 0 spiro atoms. The number of aliphatic hydroxyl groups excluding tert-OH is 2. The van der Waals surface area contributed by atoms with E-state index in [2.05, 4.69) is 37.7 Å². The first-order valence-corrected chi connectivity index (χ1v) is 21.2. The largest absolute Gasteiger partial charge is 0.459 e. The minimum absolute atomic E-state index is 0.0329. The molecular formula is C48H59N3O9. The van der Waals surface area contributed by atoms with Gasteiger partial charge in [-0.2, -0.15) is 0 Å². The van der Waals surface area contributed by atoms with E-state index in [4.69, 9.17) is 19.0 Å². The number of amides is 1. The number of oxime groups is 1. The first-order valence-electron chi connectivity index (χ1n) is 21.2. The van der Waals surface area contributed by atoms with E-state index in [1.807, 2.05) is 37.3 Å². The molecule has 0 saturated heterocycles. The number of nitro benzene ring substituents is 1. The van der Waals surface area contributed by atoms with Crippen molar-refractivity contribution < 1.29 is 39.0 Å². The van der Waals surface area contributed by atoms with Crippen LogP contribution in [0.4, 0.5) is 5.69 Å². The molecule has 1 fully saturated rings. The zero-order valence-electron chi connectivity index (χ0n) is 35.3. The third kappa shape index (κ3) is 9.51. The number of fused-ring (bicyclic) bond motifs is 2. The van der Waals surface area contributed by atoms with Crippen molar-refractivity contribution in [3.63, 3.8) is 0 Å². The summed E-state index contributed by atoms with van der Waals surface area (Å²) in [4.78, 5) is 32.8. The lowest BCUT2D eigenvalue weighted by atomic mass is 9.55. The molecule has 320 valence electrons. The van der Waals surface area contributed by atoms with Crippen LogP contribution in [-0.4, -0.2) is 77.0 Å². The minimum atomic E-state index is -1.39. The standard InChI is InChI=1S/C48H59N3O9/c1-6-24-50(45(54)23-17-34-15-18-36(19-16-34)51(55)56)44-31-42(49-57-5)40-29-35(12-8-10-25-52)39(13-9-11-26-53)46-41-30-38(59-37-20-14-32(3)33(4)28-37)21-22-43(41)60-48(44,47(40)46)58-27-7-2/h7,14-23,28-30,35,39,44,46-47,52-53H,2,6,8-13,24-27,31H2,1,3-5H3/t35-,39+,44-,46+,47+,48+/m0/s1. The number of benzene rings is 3. The van der Waals surface area contributed by atoms with Gasteiger partial charge in [0, 0.05) is 55.9 Å². The molecule has 3 aromatic rings. The Balaban J connectivity index is 1.54. The Labute approximate surface area is 353 Å². The number of hydrogen-bond donors (Lipinski definition) is 2. The predicted molar refractivity (Wildman–Crippen MR) is 232 cm³/mol. The van der Waals surface area contributed by atoms with Gasteiger partial charge in [0.25, 0.3) is 5.69 Å². The Morgan fingerprint density at radius 1 is 1.02 bits per heavy atom. The molecule has 6 atom stereocenters. The molecule has 60 heavy (non-hydrogen) atoms. The van der Waals surface area contributed by atoms with Crippen molar-refractivity contribution in [2.45, 2.75) is 89.9 Å². The van der Waals surface area contributed by atoms with Gasteiger partial charge in [-0.1, -0.05) is 43.1 Å². The lowest BCUT2D eigenvalue weighted by Crippen LogP contribution is -2.70. The zero-order chi connectivity index (χ0) is 42.8. The molecule has 12 heteroatoms. The average Bonchev–Trinajstić information content (AvgIpc) is 3.24. The topological polar surface area (TPSA) is 153 Å². The molecule has 1 heterocycles. The fourth-order valence-electron chi connectivity index (χ4n) is 9.37. The lowest BCUT2D eigenvalue weighted by molar-refractivity contribution is -0.384. The highest BCUT2D eigenvalue weighted by Crippen LogP contribution is 2.62. The molecule has 2 N–H and O–H groups in total. The maximum atomic E-state index is 14.6. The van der Waals surface area contributed by atoms with Crippen molar-refractivity contribution in [2.24, 2.45) is 22.9 Å². The van der Waals surface area contributed by atoms with Crippen molar-refractivity contribution in [3.05, 3.63) is 123 Å². The average molecular weight is 822 g/mol. The number of carbonyl (C=O) groups excluding carboxylic acids is 1. The molecule has 3 aliphatic rings. The van der Waals surface area contributed by atoms with Crippen LogP contribution in [-0.2, 0) is 14.4 Å². The summed E-state index contributed by atoms with van der Waals surface area (Å²) in [5.74, 6) is -0.119. The van der Waals surface area contributed by atoms with Gasteiger partial charge in [-0.05, 0) is 129 Å². The number of ether oxygens (including phenoxy) is 3. The Kier molecular flexibility index (Phi) is 15.0. The second kappa shape index (κ2) is 20.3. The number of non-ortho nitro benzene ring substituents is 1. The number of aryl methyl sites for hydroxylation is 2. The monoisotopic (exact) mass is 821 g/mol. The van der Waals surface area contributed by atoms with Crippen LogP contribution in [0.2, 0.25) is 0 Å². The van der Waals surface area contributed by atoms with E-state index in [0.717, 1.165) is 48.1 Å². The molecule has 6 rings (SSSR count). The summed E-state index contributed by atoms with van der Waals surface area (Å²) in [7, 11) is 1.53. The van der Waals surface area contributed by atoms with Crippen molar-refractivity contribution in [2.75, 3.05) is 33.5 Å². The summed E-state index contributed by atoms with van der Waals surface area (Å²) < 4.78 is 20.9. The Hall–Kier alpha value is -5.30. The third-order valence-corrected chi connectivity index (χ3v) is 12.2. The molecule has 3 aromatic carbocycles. The predicted octanol–water partition coefficient (Wildman–Crippen LogP) is 9.22. The van der Waals surface area contributed by atoms with Crippen LogP contribution < -0.4 is 9.47 Å². The van der Waals surface area contributed by atoms with Crippen LogP contribution in [0.15, 0.2) is 96.2 Å². The van der Waals surface area contributed by atoms with E-state index in [1.54, 1.807) is 29.2 Å². The van der Waals surface area contributed by atoms with Gasteiger partial charge in [-0.15, -0.1) is 6.58 Å². The Bertz CT molecular complexity index is 2080. The first kappa shape index (κ1) is 44.3. The van der Waals surface area contributed by atoms with Gasteiger partial charge in [0.15, 0.2) is 0 Å². The number of hydrogen-bond acceptors (Lipinski definition) is 10. The maximum Gasteiger partial charge on any atom is 0.269 e. The van der Waals surface area contributed by atoms with Gasteiger partial charge in [-0.25, -0.2) is 0 Å². The minimum Gasteiger partial charge on any atom is -0.459 e. The second-order valence-corrected chi connectivity index (χ2v) is 16.0. The number of nitrogens with zero attached hydrogens (tertiary/aromatic N) is 3. The lowest BCUT2D eigenvalue weighted by Gasteiger charge is -2.60. The maximum absolute atomic E-state index is 14.6. The van der Waals surface area contributed by atoms with Crippen molar-refractivity contribution in [1.29, 1.82) is 0 Å². The highest BCUT2D eigenvalue weighted by atomic mass is 16.7. The number of nitro groups is 1. The van der Waals surface area contributed by atoms with E-state index >= 15 is 0 Å². The quantitative estimate of drug-likeness (QED) is 0.0373. The van der Waals surface area contributed by atoms with Crippen LogP contribution in [0.25, 0.3) is 6.08 Å². The number of unbranched alkanes of at least 4 members (excludes halogenated alkanes) is 2. The van der Waals surface area contributed by atoms with Gasteiger partial charge < -0.3 is 34.2 Å². The molecule has 12 nitrogen and oxygen atoms in total. The normalized spacial score (nSPS) is 23.6. The molecule has 0 aromatic heterocycles. The highest BCUT2D eigenvalue weighted by molar-refractivity contribution is 6.03. The van der Waals surface area contributed by atoms with Gasteiger partial charge in [0.1, 0.15) is 30.4 Å². The molecule has 2 aliphatic carbocycles. The van der Waals surface area contributed by atoms with Gasteiger partial charge in [0.05, 0.1) is 23.2 Å². The molecule has 0 bridgehead atoms. The number of carbonyl (C=O) groups is 1. The number of allylic oxidation sites excluding steroid dienone is 1. The van der Waals surface area contributed by atoms with E-state index in [1.165, 1.54) is 30.9 Å². The fraction of sp³-hybridized carbons (Fsp3) is 0.458. The van der Waals surface area contributed by atoms with Crippen molar-refractivity contribution in [3.8, 4) is 17.2 Å². The number of aliphatic hydroxyl groups is 2. The summed E-state index contributed by atoms with van der Waals surface area (Å²) >= 11 is 0. The molecule has 1 aliphatic heterocycles. The van der Waals surface area contributed by atoms with Gasteiger partial charge in [-0.3, -0.25) is 14.9 Å². The summed E-state index contributed by atoms with van der Waals surface area (Å²) in [6.45, 7) is 10.9. The van der Waals surface area contributed by atoms with Crippen LogP contribution >= 0.6 is 0 Å². The zero-order valence-corrected chi connectivity index (χ0v) is 35.3. The van der Waals surface area contributed by atoms with Gasteiger partial charge >= 0.3 is 0 Å². The van der Waals surface area contributed by atoms with E-state index < -0.39 is 22.7 Å². The van der Waals surface area contributed by atoms with Crippen LogP contribution in [0.1, 0.15) is 86.5 Å². The SMILES string of the molecule is C=CCO[C@@]12Oc3ccc(Oc4ccc(C)c(C)c4)cc3[C@H]3[C@H](CCCCO)[C@@H](CCCCO)C=C(C(=NOC)C[C@@H]1N(CCC)C(=O)C=Cc1ccc([N+](=O)[O-])cc1)[C@H]32. The molecule has 0 radical (unpaired) electrons. The van der Waals surface area contributed by atoms with Crippen LogP contribution in [0, 0.1) is 41.7 Å². The summed E-state index contributed by atoms with van der Waals surface area (Å²) in [5.41, 5.74) is 5.54. The molecule has 1 amide bonds. The summed E-state index contributed by atoms with van der Waals surface area (Å²) in [6, 6.07) is 17.4. The molecular weight excluding hydrogens is 763 g/mol. The van der Waals surface area contributed by atoms with Crippen molar-refractivity contribution in [1.82, 2.24) is 4.90 Å².